The highest BCUT2D eigenvalue weighted by Crippen LogP contribution is 2.27. The van der Waals surface area contributed by atoms with Crippen LogP contribution in [0.25, 0.3) is 0 Å². The summed E-state index contributed by atoms with van der Waals surface area (Å²) < 4.78 is 5.56. The van der Waals surface area contributed by atoms with Gasteiger partial charge in [0, 0.05) is 26.2 Å². The van der Waals surface area contributed by atoms with E-state index < -0.39 is 41.7 Å². The summed E-state index contributed by atoms with van der Waals surface area (Å²) in [5, 5.41) is 13.4. The van der Waals surface area contributed by atoms with Crippen LogP contribution < -0.4 is 27.8 Å². The van der Waals surface area contributed by atoms with Crippen LogP contribution in [0.2, 0.25) is 0 Å². The first-order valence-corrected chi connectivity index (χ1v) is 16.0. The summed E-state index contributed by atoms with van der Waals surface area (Å²) >= 11 is 0. The number of amidine groups is 1. The number of halogens is 1. The molecule has 1 unspecified atom stereocenters. The van der Waals surface area contributed by atoms with Crippen LogP contribution in [-0.4, -0.2) is 73.1 Å². The van der Waals surface area contributed by atoms with Gasteiger partial charge in [-0.15, -0.1) is 12.4 Å². The van der Waals surface area contributed by atoms with Crippen molar-refractivity contribution in [3.63, 3.8) is 0 Å². The Labute approximate surface area is 288 Å². The maximum absolute atomic E-state index is 14.0. The van der Waals surface area contributed by atoms with E-state index in [2.05, 4.69) is 15.6 Å². The Kier molecular flexibility index (Phi) is 16.4. The Morgan fingerprint density at radius 2 is 1.56 bits per heavy atom. The van der Waals surface area contributed by atoms with Crippen LogP contribution in [0.4, 0.5) is 0 Å². The number of nitrogens with one attached hydrogen (secondary N) is 3. The van der Waals surface area contributed by atoms with Gasteiger partial charge < -0.3 is 37.5 Å². The molecule has 0 aromatic heterocycles. The molecule has 262 valence electrons. The van der Waals surface area contributed by atoms with Crippen LogP contribution in [0, 0.1) is 17.2 Å². The van der Waals surface area contributed by atoms with Crippen LogP contribution >= 0.6 is 12.4 Å². The fourth-order valence-electron chi connectivity index (χ4n) is 5.62. The molecule has 0 radical (unpaired) electrons. The van der Waals surface area contributed by atoms with E-state index in [1.165, 1.54) is 4.90 Å². The third kappa shape index (κ3) is 12.5. The molecule has 2 aromatic carbocycles. The summed E-state index contributed by atoms with van der Waals surface area (Å²) in [5.41, 5.74) is 18.5. The number of hydrogen-bond acceptors (Lipinski definition) is 7. The second-order valence-electron chi connectivity index (χ2n) is 12.1. The number of rotatable bonds is 16. The molecular formula is C34H49ClN8O5. The van der Waals surface area contributed by atoms with E-state index in [0.29, 0.717) is 30.4 Å². The van der Waals surface area contributed by atoms with Gasteiger partial charge in [-0.2, -0.15) is 0 Å². The van der Waals surface area contributed by atoms with Crippen LogP contribution in [0.15, 0.2) is 59.6 Å². The SMILES string of the molecule is CN(C)C(=O)C(Cc1ccc(C(=N)N)cc1)C(=O)N[C@H](C(=O)N[C@@H](CCCN=C(N)N)C(=O)OCc1ccccc1)C1CCCCC1.Cl. The van der Waals surface area contributed by atoms with Gasteiger partial charge in [0.25, 0.3) is 0 Å². The number of aliphatic imine (C=N–C) groups is 1. The average Bonchev–Trinajstić information content (AvgIpc) is 3.06. The van der Waals surface area contributed by atoms with Crippen molar-refractivity contribution in [2.45, 2.75) is 70.1 Å². The quantitative estimate of drug-likeness (QED) is 0.0504. The number of guanidine groups is 1. The van der Waals surface area contributed by atoms with Crippen LogP contribution in [-0.2, 0) is 36.9 Å². The van der Waals surface area contributed by atoms with Crippen molar-refractivity contribution < 1.29 is 23.9 Å². The number of carbonyl (C=O) groups is 4. The second-order valence-corrected chi connectivity index (χ2v) is 12.1. The molecule has 3 amide bonds. The van der Waals surface area contributed by atoms with Gasteiger partial charge >= 0.3 is 5.97 Å². The maximum Gasteiger partial charge on any atom is 0.328 e. The Morgan fingerprint density at radius 1 is 0.917 bits per heavy atom. The van der Waals surface area contributed by atoms with Gasteiger partial charge in [0.05, 0.1) is 0 Å². The number of hydrogen-bond donors (Lipinski definition) is 6. The van der Waals surface area contributed by atoms with E-state index in [0.717, 1.165) is 24.8 Å². The molecule has 13 nitrogen and oxygen atoms in total. The fraction of sp³-hybridized carbons (Fsp3) is 0.471. The van der Waals surface area contributed by atoms with Crippen LogP contribution in [0.3, 0.4) is 0 Å². The summed E-state index contributed by atoms with van der Waals surface area (Å²) in [6, 6.07) is 14.0. The Hall–Kier alpha value is -4.65. The highest BCUT2D eigenvalue weighted by molar-refractivity contribution is 6.02. The summed E-state index contributed by atoms with van der Waals surface area (Å²) in [4.78, 5) is 59.7. The van der Waals surface area contributed by atoms with E-state index >= 15 is 0 Å². The molecule has 14 heteroatoms. The van der Waals surface area contributed by atoms with Crippen molar-refractivity contribution in [3.05, 3.63) is 71.3 Å². The van der Waals surface area contributed by atoms with Crippen LogP contribution in [0.1, 0.15) is 61.6 Å². The first-order valence-electron chi connectivity index (χ1n) is 16.0. The molecule has 0 heterocycles. The molecule has 0 saturated heterocycles. The van der Waals surface area contributed by atoms with E-state index in [1.54, 1.807) is 38.4 Å². The monoisotopic (exact) mass is 684 g/mol. The first-order chi connectivity index (χ1) is 22.5. The molecule has 9 N–H and O–H groups in total. The van der Waals surface area contributed by atoms with Gasteiger partial charge in [-0.05, 0) is 49.1 Å². The molecule has 2 aromatic rings. The summed E-state index contributed by atoms with van der Waals surface area (Å²) in [7, 11) is 3.14. The third-order valence-electron chi connectivity index (χ3n) is 8.23. The number of carbonyl (C=O) groups excluding carboxylic acids is 4. The normalized spacial score (nSPS) is 14.6. The zero-order valence-corrected chi connectivity index (χ0v) is 28.5. The lowest BCUT2D eigenvalue weighted by molar-refractivity contribution is -0.149. The number of nitrogen functional groups attached to an aromatic ring is 1. The lowest BCUT2D eigenvalue weighted by Gasteiger charge is -2.32. The van der Waals surface area contributed by atoms with Gasteiger partial charge in [-0.3, -0.25) is 24.8 Å². The molecule has 48 heavy (non-hydrogen) atoms. The molecule has 1 fully saturated rings. The highest BCUT2D eigenvalue weighted by atomic mass is 35.5. The van der Waals surface area contributed by atoms with Gasteiger partial charge in [0.1, 0.15) is 30.4 Å². The van der Waals surface area contributed by atoms with E-state index in [-0.39, 0.29) is 56.1 Å². The van der Waals surface area contributed by atoms with E-state index in [1.807, 2.05) is 30.3 Å². The van der Waals surface area contributed by atoms with Crippen molar-refractivity contribution in [2.75, 3.05) is 20.6 Å². The predicted octanol–water partition coefficient (Wildman–Crippen LogP) is 1.99. The number of amides is 3. The molecule has 3 rings (SSSR count). The summed E-state index contributed by atoms with van der Waals surface area (Å²) in [6.45, 7) is 0.287. The molecular weight excluding hydrogens is 636 g/mol. The Balaban J connectivity index is 0.00000800. The molecule has 1 saturated carbocycles. The van der Waals surface area contributed by atoms with Crippen molar-refractivity contribution in [2.24, 2.45) is 34.0 Å². The first kappa shape index (κ1) is 39.5. The minimum absolute atomic E-state index is 0. The molecule has 0 aliphatic heterocycles. The molecule has 1 aliphatic rings. The predicted molar refractivity (Wildman–Crippen MR) is 187 cm³/mol. The highest BCUT2D eigenvalue weighted by Gasteiger charge is 2.37. The number of benzene rings is 2. The number of ether oxygens (including phenoxy) is 1. The lowest BCUT2D eigenvalue weighted by atomic mass is 9.83. The number of esters is 1. The smallest absolute Gasteiger partial charge is 0.328 e. The standard InChI is InChI=1S/C34H48N8O5.ClH/c1-42(2)32(45)26(20-22-15-17-25(18-16-22)29(35)36)30(43)41-28(24-12-7-4-8-13-24)31(44)40-27(14-9-19-39-34(37)38)33(46)47-21-23-10-5-3-6-11-23;/h3,5-6,10-11,15-18,24,26-28H,4,7-9,12-14,19-21H2,1-2H3,(H3,35,36)(H,40,44)(H,41,43)(H4,37,38,39);1H/t26?,27-,28-;/m0./s1. The molecule has 0 bridgehead atoms. The summed E-state index contributed by atoms with van der Waals surface area (Å²) in [6.07, 6.45) is 4.93. The van der Waals surface area contributed by atoms with Crippen molar-refractivity contribution >= 4 is 47.9 Å². The van der Waals surface area contributed by atoms with Crippen molar-refractivity contribution in [1.29, 1.82) is 5.41 Å². The number of nitrogens with zero attached hydrogens (tertiary/aromatic N) is 2. The van der Waals surface area contributed by atoms with E-state index in [4.69, 9.17) is 27.3 Å². The minimum atomic E-state index is -1.11. The van der Waals surface area contributed by atoms with Gasteiger partial charge in [0.15, 0.2) is 5.96 Å². The largest absolute Gasteiger partial charge is 0.459 e. The van der Waals surface area contributed by atoms with Gasteiger partial charge in [-0.1, -0.05) is 73.9 Å². The van der Waals surface area contributed by atoms with Gasteiger partial charge in [0.2, 0.25) is 17.7 Å². The Bertz CT molecular complexity index is 1390. The van der Waals surface area contributed by atoms with Crippen molar-refractivity contribution in [3.8, 4) is 0 Å². The van der Waals surface area contributed by atoms with E-state index in [9.17, 15) is 19.2 Å². The third-order valence-corrected chi connectivity index (χ3v) is 8.23. The average molecular weight is 685 g/mol. The van der Waals surface area contributed by atoms with Gasteiger partial charge in [-0.25, -0.2) is 4.79 Å². The fourth-order valence-corrected chi connectivity index (χ4v) is 5.62. The molecule has 0 spiro atoms. The topological polar surface area (TPSA) is 219 Å². The van der Waals surface area contributed by atoms with Crippen molar-refractivity contribution in [1.82, 2.24) is 15.5 Å². The lowest BCUT2D eigenvalue weighted by Crippen LogP contribution is -2.57. The molecule has 1 aliphatic carbocycles. The summed E-state index contributed by atoms with van der Waals surface area (Å²) in [5.74, 6) is -3.59. The zero-order chi connectivity index (χ0) is 34.3. The second kappa shape index (κ2) is 19.9. The zero-order valence-electron chi connectivity index (χ0n) is 27.7. The Morgan fingerprint density at radius 3 is 2.15 bits per heavy atom. The van der Waals surface area contributed by atoms with Crippen LogP contribution in [0.5, 0.6) is 0 Å². The maximum atomic E-state index is 14.0. The number of nitrogens with two attached hydrogens (primary N) is 3. The molecule has 3 atom stereocenters. The minimum Gasteiger partial charge on any atom is -0.459 e.